The number of carbonyl (C=O) groups is 1. The Balaban J connectivity index is 1.56. The molecular weight excluding hydrogens is 300 g/mol. The highest BCUT2D eigenvalue weighted by Gasteiger charge is 2.21. The number of carbonyl (C=O) groups excluding carboxylic acids is 1. The van der Waals surface area contributed by atoms with E-state index < -0.39 is 0 Å². The van der Waals surface area contributed by atoms with Crippen molar-refractivity contribution < 1.29 is 4.79 Å². The topological polar surface area (TPSA) is 58.1 Å². The van der Waals surface area contributed by atoms with Gasteiger partial charge in [-0.15, -0.1) is 0 Å². The van der Waals surface area contributed by atoms with Crippen LogP contribution in [0, 0.1) is 5.92 Å². The standard InChI is InChI=1S/C19H24N4O/c1-15(24)23-12-4-5-17(14-23)8-7-16-9-11-21-19(13-16)22-18-6-2-3-10-20-18/h2-3,6,9-11,13,17H,4-5,7-8,12,14H2,1H3,(H,20,21,22)/t17-/m1/s1. The number of rotatable bonds is 5. The molecule has 0 aliphatic carbocycles. The van der Waals surface area contributed by atoms with Crippen LogP contribution in [0.3, 0.4) is 0 Å². The zero-order valence-corrected chi connectivity index (χ0v) is 14.1. The van der Waals surface area contributed by atoms with Crippen LogP contribution < -0.4 is 5.32 Å². The van der Waals surface area contributed by atoms with E-state index in [2.05, 4.69) is 27.4 Å². The van der Waals surface area contributed by atoms with Gasteiger partial charge in [0, 0.05) is 32.4 Å². The molecule has 1 aliphatic rings. The number of pyridine rings is 2. The fourth-order valence-electron chi connectivity index (χ4n) is 3.22. The number of piperidine rings is 1. The number of hydrogen-bond donors (Lipinski definition) is 1. The molecule has 0 aromatic carbocycles. The van der Waals surface area contributed by atoms with E-state index in [0.717, 1.165) is 44.0 Å². The molecule has 2 aromatic heterocycles. The Bertz CT molecular complexity index is 674. The van der Waals surface area contributed by atoms with Gasteiger partial charge in [0.05, 0.1) is 0 Å². The predicted molar refractivity (Wildman–Crippen MR) is 95.1 cm³/mol. The number of hydrogen-bond acceptors (Lipinski definition) is 4. The van der Waals surface area contributed by atoms with Crippen molar-refractivity contribution in [2.45, 2.75) is 32.6 Å². The first kappa shape index (κ1) is 16.4. The molecule has 1 saturated heterocycles. The van der Waals surface area contributed by atoms with E-state index >= 15 is 0 Å². The smallest absolute Gasteiger partial charge is 0.219 e. The summed E-state index contributed by atoms with van der Waals surface area (Å²) in [4.78, 5) is 22.1. The maximum atomic E-state index is 11.5. The van der Waals surface area contributed by atoms with Crippen LogP contribution in [0.25, 0.3) is 0 Å². The van der Waals surface area contributed by atoms with E-state index in [-0.39, 0.29) is 5.91 Å². The highest BCUT2D eigenvalue weighted by atomic mass is 16.2. The van der Waals surface area contributed by atoms with Gasteiger partial charge in [-0.25, -0.2) is 9.97 Å². The van der Waals surface area contributed by atoms with E-state index in [1.807, 2.05) is 29.3 Å². The van der Waals surface area contributed by atoms with E-state index in [0.29, 0.717) is 5.92 Å². The van der Waals surface area contributed by atoms with Crippen molar-refractivity contribution in [3.8, 4) is 0 Å². The fourth-order valence-corrected chi connectivity index (χ4v) is 3.22. The van der Waals surface area contributed by atoms with Crippen molar-refractivity contribution in [3.05, 3.63) is 48.3 Å². The average molecular weight is 324 g/mol. The summed E-state index contributed by atoms with van der Waals surface area (Å²) in [5.41, 5.74) is 1.27. The Morgan fingerprint density at radius 1 is 1.25 bits per heavy atom. The van der Waals surface area contributed by atoms with Gasteiger partial charge in [-0.3, -0.25) is 4.79 Å². The Hall–Kier alpha value is -2.43. The Kier molecular flexibility index (Phi) is 5.41. The largest absolute Gasteiger partial charge is 0.343 e. The van der Waals surface area contributed by atoms with Crippen LogP contribution in [-0.2, 0) is 11.2 Å². The normalized spacial score (nSPS) is 17.5. The van der Waals surface area contributed by atoms with Crippen LogP contribution in [0.1, 0.15) is 31.7 Å². The first-order valence-electron chi connectivity index (χ1n) is 8.59. The van der Waals surface area contributed by atoms with Crippen molar-refractivity contribution in [1.82, 2.24) is 14.9 Å². The third kappa shape index (κ3) is 4.54. The number of nitrogens with one attached hydrogen (secondary N) is 1. The third-order valence-electron chi connectivity index (χ3n) is 4.55. The first-order chi connectivity index (χ1) is 11.7. The van der Waals surface area contributed by atoms with Crippen LogP contribution in [0.2, 0.25) is 0 Å². The zero-order chi connectivity index (χ0) is 16.8. The molecule has 0 spiro atoms. The van der Waals surface area contributed by atoms with Gasteiger partial charge in [0.2, 0.25) is 5.91 Å². The quantitative estimate of drug-likeness (QED) is 0.915. The minimum absolute atomic E-state index is 0.199. The number of anilines is 2. The number of aryl methyl sites for hydroxylation is 1. The molecule has 0 unspecified atom stereocenters. The summed E-state index contributed by atoms with van der Waals surface area (Å²) in [6.07, 6.45) is 8.05. The van der Waals surface area contributed by atoms with Crippen molar-refractivity contribution in [2.24, 2.45) is 5.92 Å². The van der Waals surface area contributed by atoms with Crippen LogP contribution in [-0.4, -0.2) is 33.9 Å². The lowest BCUT2D eigenvalue weighted by molar-refractivity contribution is -0.130. The van der Waals surface area contributed by atoms with Gasteiger partial charge >= 0.3 is 0 Å². The Labute approximate surface area is 143 Å². The predicted octanol–water partition coefficient (Wildman–Crippen LogP) is 3.41. The molecule has 1 atom stereocenters. The van der Waals surface area contributed by atoms with Gasteiger partial charge in [0.25, 0.3) is 0 Å². The molecule has 5 heteroatoms. The second kappa shape index (κ2) is 7.90. The molecule has 0 bridgehead atoms. The van der Waals surface area contributed by atoms with Crippen molar-refractivity contribution in [2.75, 3.05) is 18.4 Å². The van der Waals surface area contributed by atoms with E-state index in [4.69, 9.17) is 0 Å². The molecule has 24 heavy (non-hydrogen) atoms. The van der Waals surface area contributed by atoms with E-state index in [1.165, 1.54) is 12.0 Å². The molecule has 0 saturated carbocycles. The maximum absolute atomic E-state index is 11.5. The molecule has 3 heterocycles. The monoisotopic (exact) mass is 324 g/mol. The van der Waals surface area contributed by atoms with E-state index in [9.17, 15) is 4.79 Å². The van der Waals surface area contributed by atoms with Gasteiger partial charge < -0.3 is 10.2 Å². The number of amides is 1. The van der Waals surface area contributed by atoms with Gasteiger partial charge in [-0.2, -0.15) is 0 Å². The molecule has 5 nitrogen and oxygen atoms in total. The summed E-state index contributed by atoms with van der Waals surface area (Å²) < 4.78 is 0. The van der Waals surface area contributed by atoms with Crippen LogP contribution in [0.4, 0.5) is 11.6 Å². The van der Waals surface area contributed by atoms with Crippen molar-refractivity contribution in [1.29, 1.82) is 0 Å². The lowest BCUT2D eigenvalue weighted by Gasteiger charge is -2.32. The second-order valence-electron chi connectivity index (χ2n) is 6.40. The molecule has 1 fully saturated rings. The molecule has 126 valence electrons. The minimum atomic E-state index is 0.199. The summed E-state index contributed by atoms with van der Waals surface area (Å²) >= 11 is 0. The van der Waals surface area contributed by atoms with Gasteiger partial charge in [-0.05, 0) is 61.4 Å². The van der Waals surface area contributed by atoms with Crippen LogP contribution in [0.5, 0.6) is 0 Å². The minimum Gasteiger partial charge on any atom is -0.343 e. The molecule has 2 aromatic rings. The van der Waals surface area contributed by atoms with Gasteiger partial charge in [0.15, 0.2) is 0 Å². The van der Waals surface area contributed by atoms with E-state index in [1.54, 1.807) is 13.1 Å². The van der Waals surface area contributed by atoms with Crippen molar-refractivity contribution in [3.63, 3.8) is 0 Å². The molecule has 3 rings (SSSR count). The summed E-state index contributed by atoms with van der Waals surface area (Å²) in [6.45, 7) is 3.49. The van der Waals surface area contributed by atoms with Crippen LogP contribution in [0.15, 0.2) is 42.7 Å². The number of aromatic nitrogens is 2. The fraction of sp³-hybridized carbons (Fsp3) is 0.421. The summed E-state index contributed by atoms with van der Waals surface area (Å²) in [7, 11) is 0. The lowest BCUT2D eigenvalue weighted by atomic mass is 9.92. The average Bonchev–Trinajstić information content (AvgIpc) is 2.61. The molecule has 1 aliphatic heterocycles. The highest BCUT2D eigenvalue weighted by molar-refractivity contribution is 5.73. The lowest BCUT2D eigenvalue weighted by Crippen LogP contribution is -2.38. The highest BCUT2D eigenvalue weighted by Crippen LogP contribution is 2.22. The first-order valence-corrected chi connectivity index (χ1v) is 8.59. The van der Waals surface area contributed by atoms with Gasteiger partial charge in [0.1, 0.15) is 11.6 Å². The molecule has 1 N–H and O–H groups in total. The number of likely N-dealkylation sites (tertiary alicyclic amines) is 1. The Morgan fingerprint density at radius 2 is 2.12 bits per heavy atom. The summed E-state index contributed by atoms with van der Waals surface area (Å²) in [6, 6.07) is 9.91. The number of nitrogens with zero attached hydrogens (tertiary/aromatic N) is 3. The van der Waals surface area contributed by atoms with Gasteiger partial charge in [-0.1, -0.05) is 6.07 Å². The molecule has 1 amide bonds. The third-order valence-corrected chi connectivity index (χ3v) is 4.55. The molecule has 0 radical (unpaired) electrons. The maximum Gasteiger partial charge on any atom is 0.219 e. The summed E-state index contributed by atoms with van der Waals surface area (Å²) in [5, 5.41) is 3.23. The van der Waals surface area contributed by atoms with Crippen LogP contribution >= 0.6 is 0 Å². The second-order valence-corrected chi connectivity index (χ2v) is 6.40. The summed E-state index contributed by atoms with van der Waals surface area (Å²) in [5.74, 6) is 2.42. The Morgan fingerprint density at radius 3 is 2.92 bits per heavy atom. The zero-order valence-electron chi connectivity index (χ0n) is 14.1. The van der Waals surface area contributed by atoms with Crippen molar-refractivity contribution >= 4 is 17.5 Å². The SMILES string of the molecule is CC(=O)N1CCC[C@H](CCc2ccnc(Nc3ccccn3)c2)C1. The molecular formula is C19H24N4O.